The highest BCUT2D eigenvalue weighted by molar-refractivity contribution is 5.15. The highest BCUT2D eigenvalue weighted by Crippen LogP contribution is 2.73. The largest absolute Gasteiger partial charge is 0.0533 e. The molecule has 0 N–H and O–H groups in total. The van der Waals surface area contributed by atoms with Crippen molar-refractivity contribution < 1.29 is 0 Å². The first-order valence-electron chi connectivity index (χ1n) is 30.8. The third-order valence-corrected chi connectivity index (χ3v) is 26.2. The monoisotopic (exact) mass is 845 g/mol. The van der Waals surface area contributed by atoms with E-state index < -0.39 is 0 Å². The number of fused-ring (bicyclic) bond motifs is 6. The summed E-state index contributed by atoms with van der Waals surface area (Å²) >= 11 is 0. The minimum Gasteiger partial charge on any atom is -0.0533 e. The molecule has 0 bridgehead atoms. The zero-order valence-electron chi connectivity index (χ0n) is 40.7. The maximum atomic E-state index is 1.76. The van der Waals surface area contributed by atoms with Gasteiger partial charge in [-0.05, 0) is 187 Å². The fourth-order valence-corrected chi connectivity index (χ4v) is 24.9. The van der Waals surface area contributed by atoms with Crippen LogP contribution in [0.25, 0.3) is 0 Å². The van der Waals surface area contributed by atoms with Gasteiger partial charge in [-0.1, -0.05) is 199 Å². The fraction of sp³-hybridized carbons (Fsp3) is 1.00. The van der Waals surface area contributed by atoms with Crippen LogP contribution in [-0.2, 0) is 0 Å². The summed E-state index contributed by atoms with van der Waals surface area (Å²) in [6.45, 7) is 0. The Morgan fingerprint density at radius 2 is 0.387 bits per heavy atom. The molecule has 0 nitrogen and oxygen atoms in total. The maximum Gasteiger partial charge on any atom is -0.0318 e. The van der Waals surface area contributed by atoms with Crippen LogP contribution < -0.4 is 0 Å². The molecule has 13 rings (SSSR count). The van der Waals surface area contributed by atoms with Crippen molar-refractivity contribution in [1.29, 1.82) is 0 Å². The normalized spacial score (nSPS) is 52.2. The molecule has 13 aliphatic carbocycles. The Morgan fingerprint density at radius 1 is 0.129 bits per heavy atom. The van der Waals surface area contributed by atoms with Gasteiger partial charge in [0.1, 0.15) is 0 Å². The second-order valence-corrected chi connectivity index (χ2v) is 27.9. The van der Waals surface area contributed by atoms with Crippen LogP contribution in [0.5, 0.6) is 0 Å². The Labute approximate surface area is 384 Å². The molecular weight excluding hydrogens is 745 g/mol. The Kier molecular flexibility index (Phi) is 12.3. The zero-order valence-corrected chi connectivity index (χ0v) is 40.7. The van der Waals surface area contributed by atoms with Crippen molar-refractivity contribution in [2.45, 2.75) is 244 Å². The molecule has 0 aromatic rings. The molecular formula is C62H100. The summed E-state index contributed by atoms with van der Waals surface area (Å²) in [5.41, 5.74) is 0. The van der Waals surface area contributed by atoms with Crippen molar-refractivity contribution >= 4 is 0 Å². The van der Waals surface area contributed by atoms with E-state index >= 15 is 0 Å². The predicted octanol–water partition coefficient (Wildman–Crippen LogP) is 17.8. The van der Waals surface area contributed by atoms with Gasteiger partial charge >= 0.3 is 0 Å². The number of rotatable bonds is 6. The van der Waals surface area contributed by atoms with Gasteiger partial charge in [0.25, 0.3) is 0 Å². The summed E-state index contributed by atoms with van der Waals surface area (Å²) in [6, 6.07) is 0. The molecule has 17 atom stereocenters. The van der Waals surface area contributed by atoms with E-state index in [1.165, 1.54) is 17.8 Å². The SMILES string of the molecule is C1CCC(C2C(C3CCCCC3)C(C3CCCCC3)C(C3CC4CCCC5C6CC7C(CC6C(C3)C45)C3CCCC4CCCC7C43)C(C3CCCCC3)C2C2CCCCC2)CC1. The lowest BCUT2D eigenvalue weighted by Crippen LogP contribution is -2.60. The minimum atomic E-state index is 1.09. The Hall–Kier alpha value is 0. The lowest BCUT2D eigenvalue weighted by molar-refractivity contribution is -0.172. The van der Waals surface area contributed by atoms with Gasteiger partial charge in [0.05, 0.1) is 0 Å². The van der Waals surface area contributed by atoms with E-state index in [1.807, 2.05) is 0 Å². The average molecular weight is 845 g/mol. The molecule has 0 heterocycles. The van der Waals surface area contributed by atoms with E-state index in [9.17, 15) is 0 Å². The first-order valence-corrected chi connectivity index (χ1v) is 30.8. The summed E-state index contributed by atoms with van der Waals surface area (Å²) in [5.74, 6) is 27.1. The van der Waals surface area contributed by atoms with Gasteiger partial charge in [0.15, 0.2) is 0 Å². The lowest BCUT2D eigenvalue weighted by atomic mass is 9.40. The molecule has 17 unspecified atom stereocenters. The topological polar surface area (TPSA) is 0 Å². The van der Waals surface area contributed by atoms with Crippen LogP contribution in [-0.4, -0.2) is 0 Å². The molecule has 0 radical (unpaired) electrons. The fourth-order valence-electron chi connectivity index (χ4n) is 24.9. The summed E-state index contributed by atoms with van der Waals surface area (Å²) in [6.07, 6.45) is 61.9. The van der Waals surface area contributed by atoms with Gasteiger partial charge in [0.2, 0.25) is 0 Å². The second-order valence-electron chi connectivity index (χ2n) is 27.9. The molecule has 0 amide bonds. The van der Waals surface area contributed by atoms with Crippen LogP contribution in [0.3, 0.4) is 0 Å². The third-order valence-electron chi connectivity index (χ3n) is 26.2. The lowest BCUT2D eigenvalue weighted by Gasteiger charge is -2.65. The summed E-state index contributed by atoms with van der Waals surface area (Å²) in [7, 11) is 0. The molecule has 13 saturated carbocycles. The predicted molar refractivity (Wildman–Crippen MR) is 259 cm³/mol. The minimum absolute atomic E-state index is 1.09. The molecule has 348 valence electrons. The molecule has 0 aliphatic heterocycles. The Morgan fingerprint density at radius 3 is 0.742 bits per heavy atom. The van der Waals surface area contributed by atoms with E-state index in [0.29, 0.717) is 0 Å². The highest BCUT2D eigenvalue weighted by Gasteiger charge is 2.66. The molecule has 0 spiro atoms. The van der Waals surface area contributed by atoms with E-state index in [2.05, 4.69) is 0 Å². The van der Waals surface area contributed by atoms with Gasteiger partial charge in [-0.15, -0.1) is 0 Å². The summed E-state index contributed by atoms with van der Waals surface area (Å²) in [4.78, 5) is 0. The van der Waals surface area contributed by atoms with Gasteiger partial charge in [0, 0.05) is 0 Å². The van der Waals surface area contributed by atoms with Gasteiger partial charge in [-0.2, -0.15) is 0 Å². The number of hydrogen-bond donors (Lipinski definition) is 0. The van der Waals surface area contributed by atoms with E-state index in [4.69, 9.17) is 0 Å². The summed E-state index contributed by atoms with van der Waals surface area (Å²) < 4.78 is 0. The van der Waals surface area contributed by atoms with E-state index in [-0.39, 0.29) is 0 Å². The first-order chi connectivity index (χ1) is 30.8. The van der Waals surface area contributed by atoms with Crippen LogP contribution in [0.1, 0.15) is 244 Å². The van der Waals surface area contributed by atoms with Crippen molar-refractivity contribution in [3.8, 4) is 0 Å². The molecule has 62 heavy (non-hydrogen) atoms. The molecule has 0 aromatic heterocycles. The van der Waals surface area contributed by atoms with Crippen LogP contribution in [0.15, 0.2) is 0 Å². The van der Waals surface area contributed by atoms with Crippen LogP contribution in [0.4, 0.5) is 0 Å². The van der Waals surface area contributed by atoms with Gasteiger partial charge in [-0.3, -0.25) is 0 Å². The first kappa shape index (κ1) is 42.1. The maximum absolute atomic E-state index is 1.76. The van der Waals surface area contributed by atoms with Crippen LogP contribution >= 0.6 is 0 Å². The molecule has 0 heteroatoms. The quantitative estimate of drug-likeness (QED) is 0.250. The summed E-state index contributed by atoms with van der Waals surface area (Å²) in [5, 5.41) is 0. The molecule has 0 aromatic carbocycles. The van der Waals surface area contributed by atoms with Crippen molar-refractivity contribution in [3.05, 3.63) is 0 Å². The van der Waals surface area contributed by atoms with Crippen molar-refractivity contribution in [3.63, 3.8) is 0 Å². The highest BCUT2D eigenvalue weighted by atomic mass is 14.7. The molecule has 13 fully saturated rings. The number of hydrogen-bond acceptors (Lipinski definition) is 0. The van der Waals surface area contributed by atoms with Crippen LogP contribution in [0, 0.1) is 142 Å². The van der Waals surface area contributed by atoms with Crippen molar-refractivity contribution in [2.24, 2.45) is 142 Å². The average Bonchev–Trinajstić information content (AvgIpc) is 3.84. The van der Waals surface area contributed by atoms with E-state index in [1.54, 1.807) is 244 Å². The van der Waals surface area contributed by atoms with Gasteiger partial charge in [-0.25, -0.2) is 0 Å². The Balaban J connectivity index is 0.921. The third kappa shape index (κ3) is 7.23. The van der Waals surface area contributed by atoms with Crippen molar-refractivity contribution in [2.75, 3.05) is 0 Å². The second kappa shape index (κ2) is 18.1. The van der Waals surface area contributed by atoms with Crippen molar-refractivity contribution in [1.82, 2.24) is 0 Å². The standard InChI is InChI=1S/C62H100/c1-6-19-40(20-7-1)57-58(41-21-8-2-9-22-41)60(43-25-12-4-13-26-43)62(61(44-27-14-5-15-28-44)59(57)42-23-10-3-11-24-42)46-35-45-31-18-34-49-52-37-50-47-32-16-29-39-30-17-33-48(55(39)47)51(50)38-53(52)54(36-46)56(45)49/h39-62H,1-38H2. The van der Waals surface area contributed by atoms with Crippen LogP contribution in [0.2, 0.25) is 0 Å². The van der Waals surface area contributed by atoms with Gasteiger partial charge < -0.3 is 0 Å². The molecule has 13 aliphatic rings. The smallest absolute Gasteiger partial charge is 0.0318 e. The van der Waals surface area contributed by atoms with E-state index in [0.717, 1.165) is 124 Å². The Bertz CT molecular complexity index is 1410. The molecule has 0 saturated heterocycles. The zero-order chi connectivity index (χ0) is 40.7.